The van der Waals surface area contributed by atoms with Gasteiger partial charge in [0.2, 0.25) is 0 Å². The molecule has 22 heavy (non-hydrogen) atoms. The summed E-state index contributed by atoms with van der Waals surface area (Å²) in [5.41, 5.74) is 11.3. The molecule has 0 radical (unpaired) electrons. The quantitative estimate of drug-likeness (QED) is 0.883. The predicted molar refractivity (Wildman–Crippen MR) is 95.6 cm³/mol. The molecular formula is C18H24N2OS. The molecule has 118 valence electrons. The largest absolute Gasteiger partial charge is 0.390 e. The minimum Gasteiger partial charge on any atom is -0.390 e. The second-order valence-corrected chi connectivity index (χ2v) is 7.06. The number of benzene rings is 1. The maximum absolute atomic E-state index is 12.6. The Labute approximate surface area is 136 Å². The molecule has 1 aromatic carbocycles. The average Bonchev–Trinajstić information content (AvgIpc) is 2.78. The molecule has 0 atom stereocenters. The molecule has 2 rings (SSSR count). The molecule has 0 saturated carbocycles. The second kappa shape index (κ2) is 6.53. The van der Waals surface area contributed by atoms with Gasteiger partial charge in [-0.2, -0.15) is 0 Å². The number of nitrogens with one attached hydrogen (secondary N) is 1. The van der Waals surface area contributed by atoms with Crippen molar-refractivity contribution in [3.8, 4) is 11.1 Å². The highest BCUT2D eigenvalue weighted by molar-refractivity contribution is 7.17. The van der Waals surface area contributed by atoms with E-state index in [1.807, 2.05) is 13.8 Å². The Kier molecular flexibility index (Phi) is 4.91. The molecule has 0 bridgehead atoms. The highest BCUT2D eigenvalue weighted by atomic mass is 32.1. The normalized spacial score (nSPS) is 11.0. The van der Waals surface area contributed by atoms with Gasteiger partial charge in [-0.15, -0.1) is 11.3 Å². The number of amides is 1. The van der Waals surface area contributed by atoms with Gasteiger partial charge in [0.05, 0.1) is 10.6 Å². The van der Waals surface area contributed by atoms with Gasteiger partial charge in [-0.05, 0) is 50.8 Å². The van der Waals surface area contributed by atoms with Gasteiger partial charge in [0.25, 0.3) is 5.91 Å². The van der Waals surface area contributed by atoms with Gasteiger partial charge >= 0.3 is 0 Å². The SMILES string of the molecule is CCc1sc(N)c(C(=O)NC(C)C)c1-c1ccc(C)c(C)c1. The van der Waals surface area contributed by atoms with Gasteiger partial charge in [0.1, 0.15) is 0 Å². The predicted octanol–water partition coefficient (Wildman–Crippen LogP) is 4.31. The lowest BCUT2D eigenvalue weighted by atomic mass is 9.96. The smallest absolute Gasteiger partial charge is 0.255 e. The number of thiophene rings is 1. The van der Waals surface area contributed by atoms with Crippen molar-refractivity contribution in [3.05, 3.63) is 39.8 Å². The van der Waals surface area contributed by atoms with Crippen LogP contribution in [0.15, 0.2) is 18.2 Å². The number of hydrogen-bond donors (Lipinski definition) is 2. The van der Waals surface area contributed by atoms with Gasteiger partial charge in [-0.3, -0.25) is 4.79 Å². The molecule has 3 N–H and O–H groups in total. The molecule has 0 aliphatic rings. The lowest BCUT2D eigenvalue weighted by Crippen LogP contribution is -2.30. The number of hydrogen-bond acceptors (Lipinski definition) is 3. The van der Waals surface area contributed by atoms with E-state index in [1.165, 1.54) is 22.5 Å². The molecular weight excluding hydrogens is 292 g/mol. The van der Waals surface area contributed by atoms with E-state index in [0.29, 0.717) is 10.6 Å². The number of aryl methyl sites for hydroxylation is 3. The van der Waals surface area contributed by atoms with Crippen molar-refractivity contribution in [3.63, 3.8) is 0 Å². The van der Waals surface area contributed by atoms with Crippen molar-refractivity contribution in [2.45, 2.75) is 47.1 Å². The summed E-state index contributed by atoms with van der Waals surface area (Å²) in [5.74, 6) is -0.0864. The minimum absolute atomic E-state index is 0.0864. The van der Waals surface area contributed by atoms with Crippen molar-refractivity contribution in [1.29, 1.82) is 0 Å². The molecule has 0 aliphatic heterocycles. The first-order chi connectivity index (χ1) is 10.3. The first kappa shape index (κ1) is 16.6. The first-order valence-corrected chi connectivity index (χ1v) is 8.46. The van der Waals surface area contributed by atoms with Crippen LogP contribution in [0.25, 0.3) is 11.1 Å². The van der Waals surface area contributed by atoms with Crippen molar-refractivity contribution < 1.29 is 4.79 Å². The molecule has 0 saturated heterocycles. The Hall–Kier alpha value is -1.81. The van der Waals surface area contributed by atoms with E-state index in [9.17, 15) is 4.79 Å². The summed E-state index contributed by atoms with van der Waals surface area (Å²) >= 11 is 1.52. The van der Waals surface area contributed by atoms with Crippen LogP contribution in [0.2, 0.25) is 0 Å². The van der Waals surface area contributed by atoms with Gasteiger partial charge in [-0.25, -0.2) is 0 Å². The van der Waals surface area contributed by atoms with Crippen LogP contribution in [-0.2, 0) is 6.42 Å². The molecule has 2 aromatic rings. The number of rotatable bonds is 4. The van der Waals surface area contributed by atoms with E-state index in [1.54, 1.807) is 0 Å². The summed E-state index contributed by atoms with van der Waals surface area (Å²) in [6.45, 7) is 10.2. The average molecular weight is 316 g/mol. The number of carbonyl (C=O) groups excluding carboxylic acids is 1. The van der Waals surface area contributed by atoms with Crippen LogP contribution in [0.1, 0.15) is 47.1 Å². The minimum atomic E-state index is -0.0864. The highest BCUT2D eigenvalue weighted by Gasteiger charge is 2.23. The summed E-state index contributed by atoms with van der Waals surface area (Å²) in [6, 6.07) is 6.41. The fourth-order valence-electron chi connectivity index (χ4n) is 2.51. The Bertz CT molecular complexity index is 701. The molecule has 0 aliphatic carbocycles. The van der Waals surface area contributed by atoms with E-state index in [-0.39, 0.29) is 11.9 Å². The number of anilines is 1. The molecule has 0 fully saturated rings. The van der Waals surface area contributed by atoms with Gasteiger partial charge in [0.15, 0.2) is 0 Å². The number of carbonyl (C=O) groups is 1. The zero-order valence-electron chi connectivity index (χ0n) is 13.9. The topological polar surface area (TPSA) is 55.1 Å². The lowest BCUT2D eigenvalue weighted by molar-refractivity contribution is 0.0945. The van der Waals surface area contributed by atoms with Crippen LogP contribution < -0.4 is 11.1 Å². The van der Waals surface area contributed by atoms with Crippen LogP contribution in [0.3, 0.4) is 0 Å². The van der Waals surface area contributed by atoms with E-state index in [4.69, 9.17) is 5.73 Å². The maximum atomic E-state index is 12.6. The van der Waals surface area contributed by atoms with Crippen molar-refractivity contribution >= 4 is 22.2 Å². The Balaban J connectivity index is 2.62. The van der Waals surface area contributed by atoms with Crippen molar-refractivity contribution in [2.75, 3.05) is 5.73 Å². The van der Waals surface area contributed by atoms with Crippen LogP contribution in [0.5, 0.6) is 0 Å². The van der Waals surface area contributed by atoms with Crippen LogP contribution in [-0.4, -0.2) is 11.9 Å². The summed E-state index contributed by atoms with van der Waals surface area (Å²) < 4.78 is 0. The number of nitrogen functional groups attached to an aromatic ring is 1. The Morgan fingerprint density at radius 1 is 1.27 bits per heavy atom. The zero-order chi connectivity index (χ0) is 16.4. The third-order valence-electron chi connectivity index (χ3n) is 3.77. The highest BCUT2D eigenvalue weighted by Crippen LogP contribution is 2.39. The fourth-order valence-corrected chi connectivity index (χ4v) is 3.54. The molecule has 1 amide bonds. The molecule has 1 heterocycles. The van der Waals surface area contributed by atoms with E-state index >= 15 is 0 Å². The van der Waals surface area contributed by atoms with E-state index in [2.05, 4.69) is 44.3 Å². The standard InChI is InChI=1S/C18H24N2OS/c1-6-14-15(13-8-7-11(4)12(5)9-13)16(17(19)22-14)18(21)20-10(2)3/h7-10H,6,19H2,1-5H3,(H,20,21). The van der Waals surface area contributed by atoms with Crippen molar-refractivity contribution in [1.82, 2.24) is 5.32 Å². The Morgan fingerprint density at radius 2 is 1.95 bits per heavy atom. The summed E-state index contributed by atoms with van der Waals surface area (Å²) in [6.07, 6.45) is 0.867. The lowest BCUT2D eigenvalue weighted by Gasteiger charge is -2.12. The van der Waals surface area contributed by atoms with E-state index in [0.717, 1.165) is 22.4 Å². The molecule has 0 unspecified atom stereocenters. The van der Waals surface area contributed by atoms with Gasteiger partial charge < -0.3 is 11.1 Å². The third kappa shape index (κ3) is 3.17. The van der Waals surface area contributed by atoms with Crippen LogP contribution >= 0.6 is 11.3 Å². The molecule has 0 spiro atoms. The number of nitrogens with two attached hydrogens (primary N) is 1. The van der Waals surface area contributed by atoms with Gasteiger partial charge in [-0.1, -0.05) is 25.1 Å². The third-order valence-corrected chi connectivity index (χ3v) is 4.94. The van der Waals surface area contributed by atoms with E-state index < -0.39 is 0 Å². The Morgan fingerprint density at radius 3 is 2.50 bits per heavy atom. The van der Waals surface area contributed by atoms with Crippen molar-refractivity contribution in [2.24, 2.45) is 0 Å². The summed E-state index contributed by atoms with van der Waals surface area (Å²) in [5, 5.41) is 3.56. The monoisotopic (exact) mass is 316 g/mol. The molecule has 1 aromatic heterocycles. The molecule has 4 heteroatoms. The second-order valence-electron chi connectivity index (χ2n) is 5.92. The summed E-state index contributed by atoms with van der Waals surface area (Å²) in [4.78, 5) is 13.7. The zero-order valence-corrected chi connectivity index (χ0v) is 14.7. The van der Waals surface area contributed by atoms with Crippen LogP contribution in [0.4, 0.5) is 5.00 Å². The molecule has 3 nitrogen and oxygen atoms in total. The van der Waals surface area contributed by atoms with Gasteiger partial charge in [0, 0.05) is 16.5 Å². The van der Waals surface area contributed by atoms with Crippen LogP contribution in [0, 0.1) is 13.8 Å². The first-order valence-electron chi connectivity index (χ1n) is 7.64. The fraction of sp³-hybridized carbons (Fsp3) is 0.389. The summed E-state index contributed by atoms with van der Waals surface area (Å²) in [7, 11) is 0. The maximum Gasteiger partial charge on any atom is 0.255 e.